The molecule has 236 valence electrons. The van der Waals surface area contributed by atoms with Crippen molar-refractivity contribution in [3.8, 4) is 0 Å². The monoisotopic (exact) mass is 675 g/mol. The fourth-order valence-corrected chi connectivity index (χ4v) is 7.83. The number of aromatic nitrogens is 7. The highest BCUT2D eigenvalue weighted by Gasteiger charge is 2.50. The smallest absolute Gasteiger partial charge is 0.350 e. The molecule has 7 heterocycles. The van der Waals surface area contributed by atoms with Crippen molar-refractivity contribution < 1.29 is 46.9 Å². The van der Waals surface area contributed by atoms with E-state index >= 15 is 0 Å². The molecule has 0 spiro atoms. The molecule has 19 nitrogen and oxygen atoms in total. The number of fused-ring (bicyclic) bond motifs is 5. The quantitative estimate of drug-likeness (QED) is 0.157. The number of aliphatic hydroxyl groups excluding tert-OH is 1. The third-order valence-corrected chi connectivity index (χ3v) is 10.00. The lowest BCUT2D eigenvalue weighted by atomic mass is 10.1. The minimum atomic E-state index is -4.51. The molecule has 0 aliphatic carbocycles. The highest BCUT2D eigenvalue weighted by molar-refractivity contribution is 8.07. The summed E-state index contributed by atoms with van der Waals surface area (Å²) in [5.41, 5.74) is 5.67. The number of H-pyrrole nitrogens is 1. The van der Waals surface area contributed by atoms with Crippen LogP contribution in [0.4, 0.5) is 10.2 Å². The van der Waals surface area contributed by atoms with Crippen LogP contribution in [0.1, 0.15) is 18.9 Å². The standard InChI is InChI=1S/C21H24FN9O10P2S/c22-8-2-30(18-13(8)20(33)28-6-26-18)21-16-15(32)11(39-21)4-37-43(35,44)40-9-1-12(38-10(9)3-36-42(24,34)41-16)31-7-29-14-17(23)25-5-27-19(14)31/h2,5-7,9-12,15-16,21,32H,1,3-4H2,(H2,24,34)(H,35,44)(H2,23,25,27)(H,26,28,33)/t9-,10?,11?,12+,15+,16+,21+,42?,43?/m0/s1. The number of nitrogen functional groups attached to an aromatic ring is 1. The van der Waals surface area contributed by atoms with Gasteiger partial charge in [0.15, 0.2) is 29.2 Å². The molecule has 3 saturated heterocycles. The number of hydrogen-bond acceptors (Lipinski definition) is 15. The highest BCUT2D eigenvalue weighted by atomic mass is 32.5. The van der Waals surface area contributed by atoms with Crippen LogP contribution in [-0.2, 0) is 39.4 Å². The number of hydrogen-bond donors (Lipinski definition) is 6. The molecular formula is C21H24FN9O10P2S. The lowest BCUT2D eigenvalue weighted by Gasteiger charge is -2.27. The summed E-state index contributed by atoms with van der Waals surface area (Å²) in [4.78, 5) is 52.7. The van der Waals surface area contributed by atoms with Crippen LogP contribution < -0.4 is 11.3 Å². The van der Waals surface area contributed by atoms with E-state index in [2.05, 4.69) is 24.9 Å². The highest BCUT2D eigenvalue weighted by Crippen LogP contribution is 2.54. The average molecular weight is 675 g/mol. The first-order valence-corrected chi connectivity index (χ1v) is 17.1. The molecule has 7 N–H and O–H groups in total. The van der Waals surface area contributed by atoms with Gasteiger partial charge in [0.1, 0.15) is 47.9 Å². The van der Waals surface area contributed by atoms with Gasteiger partial charge in [-0.1, -0.05) is 0 Å². The first kappa shape index (κ1) is 29.9. The van der Waals surface area contributed by atoms with Crippen LogP contribution in [-0.4, -0.2) is 92.7 Å². The van der Waals surface area contributed by atoms with Crippen LogP contribution in [0.3, 0.4) is 0 Å². The van der Waals surface area contributed by atoms with Crippen molar-refractivity contribution in [1.82, 2.24) is 34.1 Å². The predicted octanol–water partition coefficient (Wildman–Crippen LogP) is 0.383. The van der Waals surface area contributed by atoms with Gasteiger partial charge in [-0.3, -0.25) is 13.9 Å². The lowest BCUT2D eigenvalue weighted by molar-refractivity contribution is -0.0611. The Morgan fingerprint density at radius 2 is 1.86 bits per heavy atom. The second-order valence-electron chi connectivity index (χ2n) is 10.1. The Labute approximate surface area is 250 Å². The molecule has 3 aliphatic rings. The lowest BCUT2D eigenvalue weighted by Crippen LogP contribution is -2.35. The number of rotatable bonds is 2. The first-order valence-electron chi connectivity index (χ1n) is 12.9. The third-order valence-electron chi connectivity index (χ3n) is 7.38. The van der Waals surface area contributed by atoms with Gasteiger partial charge in [0, 0.05) is 12.6 Å². The zero-order valence-electron chi connectivity index (χ0n) is 22.1. The van der Waals surface area contributed by atoms with E-state index in [4.69, 9.17) is 50.3 Å². The van der Waals surface area contributed by atoms with E-state index in [0.29, 0.717) is 11.2 Å². The van der Waals surface area contributed by atoms with Crippen molar-refractivity contribution in [1.29, 1.82) is 5.16 Å². The fourth-order valence-electron chi connectivity index (χ4n) is 5.39. The number of nitrogens with one attached hydrogen (secondary N) is 2. The molecule has 4 aromatic rings. The molecular weight excluding hydrogens is 651 g/mol. The summed E-state index contributed by atoms with van der Waals surface area (Å²) in [5.74, 6) is -0.782. The molecule has 0 radical (unpaired) electrons. The molecule has 3 aliphatic heterocycles. The van der Waals surface area contributed by atoms with Crippen LogP contribution in [0.5, 0.6) is 0 Å². The zero-order valence-corrected chi connectivity index (χ0v) is 24.7. The summed E-state index contributed by atoms with van der Waals surface area (Å²) in [6.07, 6.45) is -3.86. The number of nitrogens with two attached hydrogens (primary N) is 1. The Balaban J connectivity index is 1.19. The van der Waals surface area contributed by atoms with E-state index in [1.54, 1.807) is 4.57 Å². The molecule has 0 saturated carbocycles. The summed E-state index contributed by atoms with van der Waals surface area (Å²) < 4.78 is 51.7. The van der Waals surface area contributed by atoms with Crippen LogP contribution >= 0.6 is 14.5 Å². The number of aromatic amines is 1. The van der Waals surface area contributed by atoms with Gasteiger partial charge in [0.05, 0.1) is 32.0 Å². The van der Waals surface area contributed by atoms with E-state index < -0.39 is 82.0 Å². The summed E-state index contributed by atoms with van der Waals surface area (Å²) in [6.45, 7) is -5.04. The van der Waals surface area contributed by atoms with E-state index in [9.17, 15) is 24.1 Å². The zero-order chi connectivity index (χ0) is 31.0. The van der Waals surface area contributed by atoms with Crippen molar-refractivity contribution in [3.63, 3.8) is 0 Å². The summed E-state index contributed by atoms with van der Waals surface area (Å²) in [7, 11) is -4.51. The number of imidazole rings is 1. The summed E-state index contributed by atoms with van der Waals surface area (Å²) >= 11 is 5.24. The number of nitrogens with zero attached hydrogens (tertiary/aromatic N) is 6. The maximum absolute atomic E-state index is 14.8. The molecule has 23 heteroatoms. The molecule has 9 atom stereocenters. The third kappa shape index (κ3) is 5.27. The second-order valence-corrected chi connectivity index (χ2v) is 14.4. The van der Waals surface area contributed by atoms with Gasteiger partial charge in [-0.15, -0.1) is 0 Å². The van der Waals surface area contributed by atoms with Crippen molar-refractivity contribution >= 4 is 54.3 Å². The van der Waals surface area contributed by atoms with Crippen molar-refractivity contribution in [3.05, 3.63) is 41.3 Å². The number of anilines is 1. The largest absolute Gasteiger partial charge is 0.387 e. The van der Waals surface area contributed by atoms with E-state index in [1.807, 2.05) is 0 Å². The van der Waals surface area contributed by atoms with Crippen molar-refractivity contribution in [2.45, 2.75) is 49.4 Å². The van der Waals surface area contributed by atoms with Gasteiger partial charge in [0.25, 0.3) is 5.56 Å². The minimum absolute atomic E-state index is 0.0904. The number of halogens is 1. The van der Waals surface area contributed by atoms with Crippen LogP contribution in [0.25, 0.3) is 22.2 Å². The van der Waals surface area contributed by atoms with E-state index in [-0.39, 0.29) is 23.3 Å². The van der Waals surface area contributed by atoms with Crippen LogP contribution in [0, 0.1) is 11.0 Å². The van der Waals surface area contributed by atoms with Gasteiger partial charge in [-0.25, -0.2) is 29.5 Å². The number of ether oxygens (including phenoxy) is 2. The molecule has 4 aromatic heterocycles. The topological polar surface area (TPSA) is 260 Å². The molecule has 7 rings (SSSR count). The van der Waals surface area contributed by atoms with Crippen LogP contribution in [0.2, 0.25) is 0 Å². The maximum Gasteiger partial charge on any atom is 0.350 e. The summed E-state index contributed by atoms with van der Waals surface area (Å²) in [6, 6.07) is 0. The first-order chi connectivity index (χ1) is 20.9. The van der Waals surface area contributed by atoms with E-state index in [1.165, 1.54) is 12.7 Å². The second kappa shape index (κ2) is 10.9. The molecule has 44 heavy (non-hydrogen) atoms. The molecule has 4 unspecified atom stereocenters. The molecule has 0 aromatic carbocycles. The minimum Gasteiger partial charge on any atom is -0.387 e. The van der Waals surface area contributed by atoms with Crippen molar-refractivity contribution in [2.75, 3.05) is 18.9 Å². The predicted molar refractivity (Wildman–Crippen MR) is 149 cm³/mol. The Morgan fingerprint density at radius 3 is 2.68 bits per heavy atom. The maximum atomic E-state index is 14.8. The Morgan fingerprint density at radius 1 is 1.07 bits per heavy atom. The van der Waals surface area contributed by atoms with Gasteiger partial charge in [0.2, 0.25) is 0 Å². The SMILES string of the molecule is N=P1(O)OCC2O[C@@H](n3cnc4c(N)ncnc43)C[C@@H]2OP(O)(=S)OCC2O[C@@H](n3cc(F)c4c(=O)[nH]cnc43)[C@H](O1)[C@@H]2O. The van der Waals surface area contributed by atoms with E-state index in [0.717, 1.165) is 17.1 Å². The van der Waals surface area contributed by atoms with Crippen molar-refractivity contribution in [2.24, 2.45) is 0 Å². The number of aliphatic hydroxyl groups is 1. The average Bonchev–Trinajstić information content (AvgIpc) is 3.72. The summed E-state index contributed by atoms with van der Waals surface area (Å²) in [5, 5.41) is 19.1. The molecule has 2 bridgehead atoms. The van der Waals surface area contributed by atoms with Gasteiger partial charge < -0.3 is 53.2 Å². The Hall–Kier alpha value is -2.78. The fraction of sp³-hybridized carbons (Fsp3) is 0.476. The van der Waals surface area contributed by atoms with Gasteiger partial charge in [-0.2, -0.15) is 0 Å². The molecule has 0 amide bonds. The van der Waals surface area contributed by atoms with Crippen LogP contribution in [0.15, 0.2) is 30.0 Å². The molecule has 3 fully saturated rings. The van der Waals surface area contributed by atoms with Gasteiger partial charge in [-0.05, 0) is 11.8 Å². The Bertz CT molecular complexity index is 1910. The Kier molecular flexibility index (Phi) is 7.43. The van der Waals surface area contributed by atoms with Gasteiger partial charge >= 0.3 is 14.5 Å². The normalized spacial score (nSPS) is 36.6.